The van der Waals surface area contributed by atoms with Gasteiger partial charge in [0.25, 0.3) is 0 Å². The van der Waals surface area contributed by atoms with Crippen LogP contribution in [0, 0.1) is 0 Å². The lowest BCUT2D eigenvalue weighted by Crippen LogP contribution is -2.05. The van der Waals surface area contributed by atoms with Crippen molar-refractivity contribution in [2.24, 2.45) is 0 Å². The first-order valence-corrected chi connectivity index (χ1v) is 6.38. The topological polar surface area (TPSA) is 78.9 Å². The zero-order chi connectivity index (χ0) is 15.8. The summed E-state index contributed by atoms with van der Waals surface area (Å²) in [6.07, 6.45) is 0. The van der Waals surface area contributed by atoms with E-state index in [9.17, 15) is 14.4 Å². The van der Waals surface area contributed by atoms with Crippen LogP contribution in [0.15, 0.2) is 18.2 Å². The largest absolute Gasteiger partial charge is 0.461 e. The lowest BCUT2D eigenvalue weighted by molar-refractivity contribution is -0.142. The average molecular weight is 294 g/mol. The van der Waals surface area contributed by atoms with Crippen LogP contribution in [0.4, 0.5) is 0 Å². The Morgan fingerprint density at radius 1 is 0.667 bits per heavy atom. The Hall–Kier alpha value is -2.37. The third-order valence-electron chi connectivity index (χ3n) is 2.44. The molecular formula is C15H18O6. The Kier molecular flexibility index (Phi) is 6.39. The van der Waals surface area contributed by atoms with Crippen molar-refractivity contribution in [2.45, 2.75) is 40.6 Å². The Morgan fingerprint density at radius 3 is 1.10 bits per heavy atom. The van der Waals surface area contributed by atoms with Gasteiger partial charge in [0.2, 0.25) is 0 Å². The van der Waals surface area contributed by atoms with Crippen molar-refractivity contribution >= 4 is 17.9 Å². The number of ether oxygens (including phenoxy) is 3. The molecule has 0 unspecified atom stereocenters. The summed E-state index contributed by atoms with van der Waals surface area (Å²) in [6, 6.07) is 5.30. The van der Waals surface area contributed by atoms with Gasteiger partial charge < -0.3 is 14.2 Å². The number of hydrogen-bond donors (Lipinski definition) is 0. The predicted octanol–water partition coefficient (Wildman–Crippen LogP) is 1.88. The fourth-order valence-electron chi connectivity index (χ4n) is 1.64. The van der Waals surface area contributed by atoms with Crippen molar-refractivity contribution in [3.63, 3.8) is 0 Å². The normalized spacial score (nSPS) is 9.86. The van der Waals surface area contributed by atoms with E-state index >= 15 is 0 Å². The van der Waals surface area contributed by atoms with Gasteiger partial charge in [-0.15, -0.1) is 0 Å². The summed E-state index contributed by atoms with van der Waals surface area (Å²) < 4.78 is 14.8. The maximum Gasteiger partial charge on any atom is 0.302 e. The van der Waals surface area contributed by atoms with Crippen LogP contribution in [-0.2, 0) is 48.4 Å². The summed E-state index contributed by atoms with van der Waals surface area (Å²) in [6.45, 7) is 4.29. The van der Waals surface area contributed by atoms with Crippen LogP contribution in [-0.4, -0.2) is 17.9 Å². The molecule has 0 atom stereocenters. The second-order valence-corrected chi connectivity index (χ2v) is 4.50. The van der Waals surface area contributed by atoms with E-state index in [1.807, 2.05) is 0 Å². The van der Waals surface area contributed by atoms with Gasteiger partial charge in [-0.2, -0.15) is 0 Å². The Bertz CT molecular complexity index is 446. The van der Waals surface area contributed by atoms with Crippen LogP contribution in [0.5, 0.6) is 0 Å². The number of hydrogen-bond acceptors (Lipinski definition) is 6. The molecule has 0 radical (unpaired) electrons. The van der Waals surface area contributed by atoms with Crippen molar-refractivity contribution in [3.05, 3.63) is 34.9 Å². The third-order valence-corrected chi connectivity index (χ3v) is 2.44. The molecule has 114 valence electrons. The molecule has 0 spiro atoms. The van der Waals surface area contributed by atoms with Crippen molar-refractivity contribution in [1.29, 1.82) is 0 Å². The third kappa shape index (κ3) is 7.10. The highest BCUT2D eigenvalue weighted by Crippen LogP contribution is 2.14. The molecular weight excluding hydrogens is 276 g/mol. The summed E-state index contributed by atoms with van der Waals surface area (Å²) in [5.41, 5.74) is 2.20. The Labute approximate surface area is 123 Å². The summed E-state index contributed by atoms with van der Waals surface area (Å²) in [5.74, 6) is -1.16. The van der Waals surface area contributed by atoms with Gasteiger partial charge in [0.05, 0.1) is 0 Å². The summed E-state index contributed by atoms with van der Waals surface area (Å²) >= 11 is 0. The highest BCUT2D eigenvalue weighted by molar-refractivity contribution is 5.66. The highest BCUT2D eigenvalue weighted by atomic mass is 16.5. The van der Waals surface area contributed by atoms with Gasteiger partial charge in [-0.25, -0.2) is 0 Å². The minimum atomic E-state index is -0.387. The van der Waals surface area contributed by atoms with E-state index in [4.69, 9.17) is 14.2 Å². The summed E-state index contributed by atoms with van der Waals surface area (Å²) in [7, 11) is 0. The maximum absolute atomic E-state index is 10.9. The van der Waals surface area contributed by atoms with E-state index in [0.717, 1.165) is 16.7 Å². The minimum Gasteiger partial charge on any atom is -0.461 e. The minimum absolute atomic E-state index is 0.107. The summed E-state index contributed by atoms with van der Waals surface area (Å²) in [5, 5.41) is 0. The first kappa shape index (κ1) is 16.7. The van der Waals surface area contributed by atoms with Crippen LogP contribution in [0.2, 0.25) is 0 Å². The lowest BCUT2D eigenvalue weighted by atomic mass is 10.1. The van der Waals surface area contributed by atoms with Crippen molar-refractivity contribution in [1.82, 2.24) is 0 Å². The molecule has 1 aromatic rings. The molecule has 0 aliphatic carbocycles. The number of carbonyl (C=O) groups excluding carboxylic acids is 3. The van der Waals surface area contributed by atoms with Crippen LogP contribution >= 0.6 is 0 Å². The quantitative estimate of drug-likeness (QED) is 0.588. The number of carbonyl (C=O) groups is 3. The van der Waals surface area contributed by atoms with Crippen LogP contribution in [0.3, 0.4) is 0 Å². The Balaban J connectivity index is 2.86. The molecule has 0 saturated carbocycles. The van der Waals surface area contributed by atoms with E-state index < -0.39 is 0 Å². The van der Waals surface area contributed by atoms with Gasteiger partial charge in [-0.05, 0) is 34.9 Å². The molecule has 0 aliphatic rings. The van der Waals surface area contributed by atoms with Gasteiger partial charge in [-0.3, -0.25) is 14.4 Å². The lowest BCUT2D eigenvalue weighted by Gasteiger charge is -2.10. The molecule has 0 fully saturated rings. The van der Waals surface area contributed by atoms with E-state index in [1.165, 1.54) is 20.8 Å². The number of rotatable bonds is 6. The van der Waals surface area contributed by atoms with Crippen molar-refractivity contribution in [2.75, 3.05) is 0 Å². The van der Waals surface area contributed by atoms with Gasteiger partial charge in [0.1, 0.15) is 19.8 Å². The van der Waals surface area contributed by atoms with Crippen molar-refractivity contribution in [3.8, 4) is 0 Å². The standard InChI is InChI=1S/C15H18O6/c1-10(16)19-7-13-4-14(8-20-11(2)17)6-15(5-13)9-21-12(3)18/h4-6H,7-9H2,1-3H3. The molecule has 0 saturated heterocycles. The smallest absolute Gasteiger partial charge is 0.302 e. The van der Waals surface area contributed by atoms with Crippen LogP contribution < -0.4 is 0 Å². The zero-order valence-corrected chi connectivity index (χ0v) is 12.3. The second-order valence-electron chi connectivity index (χ2n) is 4.50. The SMILES string of the molecule is CC(=O)OCc1cc(COC(C)=O)cc(COC(C)=O)c1. The van der Waals surface area contributed by atoms with Crippen LogP contribution in [0.25, 0.3) is 0 Å². The van der Waals surface area contributed by atoms with Crippen LogP contribution in [0.1, 0.15) is 37.5 Å². The molecule has 0 heterocycles. The van der Waals surface area contributed by atoms with E-state index in [1.54, 1.807) is 18.2 Å². The van der Waals surface area contributed by atoms with E-state index in [2.05, 4.69) is 0 Å². The van der Waals surface area contributed by atoms with Gasteiger partial charge >= 0.3 is 17.9 Å². The molecule has 0 aromatic heterocycles. The summed E-state index contributed by atoms with van der Waals surface area (Å²) in [4.78, 5) is 32.6. The van der Waals surface area contributed by atoms with Crippen molar-refractivity contribution < 1.29 is 28.6 Å². The second kappa shape index (κ2) is 8.04. The molecule has 0 bridgehead atoms. The average Bonchev–Trinajstić information content (AvgIpc) is 2.40. The molecule has 1 aromatic carbocycles. The van der Waals surface area contributed by atoms with Gasteiger partial charge in [0.15, 0.2) is 0 Å². The maximum atomic E-state index is 10.9. The number of esters is 3. The molecule has 6 nitrogen and oxygen atoms in total. The fraction of sp³-hybridized carbons (Fsp3) is 0.400. The predicted molar refractivity (Wildman–Crippen MR) is 72.9 cm³/mol. The monoisotopic (exact) mass is 294 g/mol. The molecule has 0 amide bonds. The van der Waals surface area contributed by atoms with Gasteiger partial charge in [0, 0.05) is 20.8 Å². The molecule has 21 heavy (non-hydrogen) atoms. The zero-order valence-electron chi connectivity index (χ0n) is 12.3. The molecule has 0 aliphatic heterocycles. The van der Waals surface area contributed by atoms with Gasteiger partial charge in [-0.1, -0.05) is 0 Å². The highest BCUT2D eigenvalue weighted by Gasteiger charge is 2.06. The molecule has 1 rings (SSSR count). The fourth-order valence-corrected chi connectivity index (χ4v) is 1.64. The molecule has 6 heteroatoms. The first-order chi connectivity index (χ1) is 9.86. The molecule has 0 N–H and O–H groups in total. The Morgan fingerprint density at radius 2 is 0.905 bits per heavy atom. The first-order valence-electron chi connectivity index (χ1n) is 6.38. The van der Waals surface area contributed by atoms with E-state index in [0.29, 0.717) is 0 Å². The number of benzene rings is 1. The van der Waals surface area contributed by atoms with E-state index in [-0.39, 0.29) is 37.7 Å².